The first-order valence-corrected chi connectivity index (χ1v) is 5.56. The normalized spacial score (nSPS) is 10.4. The summed E-state index contributed by atoms with van der Waals surface area (Å²) in [5.41, 5.74) is 0. The number of furan rings is 1. The Balaban J connectivity index is 2.19. The molecule has 5 heteroatoms. The van der Waals surface area contributed by atoms with E-state index in [1.165, 1.54) is 11.8 Å². The van der Waals surface area contributed by atoms with Crippen molar-refractivity contribution in [3.05, 3.63) is 35.0 Å². The van der Waals surface area contributed by atoms with Crippen LogP contribution in [0.25, 0.3) is 0 Å². The second-order valence-corrected chi connectivity index (χ2v) is 4.55. The van der Waals surface area contributed by atoms with Gasteiger partial charge in [-0.1, -0.05) is 0 Å². The molecule has 0 aliphatic rings. The Labute approximate surface area is 94.1 Å². The van der Waals surface area contributed by atoms with Gasteiger partial charge in [0.05, 0.1) is 15.6 Å². The monoisotopic (exact) mass is 270 g/mol. The molecule has 0 aliphatic carbocycles. The van der Waals surface area contributed by atoms with Crippen LogP contribution in [-0.2, 0) is 0 Å². The minimum absolute atomic E-state index is 0.720. The summed E-state index contributed by atoms with van der Waals surface area (Å²) in [7, 11) is 0. The topological polar surface area (TPSA) is 38.9 Å². The van der Waals surface area contributed by atoms with Crippen molar-refractivity contribution in [1.82, 2.24) is 9.97 Å². The zero-order valence-electron chi connectivity index (χ0n) is 7.40. The second-order valence-electron chi connectivity index (χ2n) is 2.63. The number of hydrogen-bond acceptors (Lipinski definition) is 4. The average Bonchev–Trinajstić information content (AvgIpc) is 2.56. The maximum absolute atomic E-state index is 5.17. The van der Waals surface area contributed by atoms with Crippen molar-refractivity contribution in [1.29, 1.82) is 0 Å². The molecule has 0 saturated heterocycles. The van der Waals surface area contributed by atoms with Crippen LogP contribution >= 0.6 is 27.7 Å². The van der Waals surface area contributed by atoms with E-state index in [-0.39, 0.29) is 0 Å². The molecule has 2 aromatic rings. The Morgan fingerprint density at radius 2 is 2.07 bits per heavy atom. The molecule has 0 aromatic carbocycles. The van der Waals surface area contributed by atoms with Crippen molar-refractivity contribution in [3.8, 4) is 0 Å². The van der Waals surface area contributed by atoms with Crippen molar-refractivity contribution in [2.45, 2.75) is 17.0 Å². The summed E-state index contributed by atoms with van der Waals surface area (Å²) >= 11 is 4.78. The Morgan fingerprint density at radius 3 is 2.64 bits per heavy atom. The molecule has 0 aliphatic heterocycles. The molecule has 0 N–H and O–H groups in total. The van der Waals surface area contributed by atoms with Crippen LogP contribution in [0.2, 0.25) is 0 Å². The predicted molar refractivity (Wildman–Crippen MR) is 57.3 cm³/mol. The van der Waals surface area contributed by atoms with E-state index in [0.717, 1.165) is 20.3 Å². The van der Waals surface area contributed by atoms with Crippen molar-refractivity contribution in [2.75, 3.05) is 0 Å². The van der Waals surface area contributed by atoms with Gasteiger partial charge in [-0.2, -0.15) is 0 Å². The largest absolute Gasteiger partial charge is 0.468 e. The molecule has 2 heterocycles. The van der Waals surface area contributed by atoms with Gasteiger partial charge >= 0.3 is 0 Å². The smallest absolute Gasteiger partial charge is 0.192 e. The Hall–Kier alpha value is -0.810. The highest BCUT2D eigenvalue weighted by Gasteiger charge is 2.05. The van der Waals surface area contributed by atoms with Crippen molar-refractivity contribution in [2.24, 2.45) is 0 Å². The summed E-state index contributed by atoms with van der Waals surface area (Å²) in [6.45, 7) is 1.92. The van der Waals surface area contributed by atoms with E-state index in [1.54, 1.807) is 18.7 Å². The fourth-order valence-corrected chi connectivity index (χ4v) is 1.86. The van der Waals surface area contributed by atoms with Crippen molar-refractivity contribution >= 4 is 27.7 Å². The summed E-state index contributed by atoms with van der Waals surface area (Å²) in [4.78, 5) is 9.36. The van der Waals surface area contributed by atoms with Crippen LogP contribution in [0.15, 0.2) is 43.7 Å². The van der Waals surface area contributed by atoms with Gasteiger partial charge in [0.25, 0.3) is 0 Å². The highest BCUT2D eigenvalue weighted by Crippen LogP contribution is 2.28. The van der Waals surface area contributed by atoms with Gasteiger partial charge in [0.2, 0.25) is 0 Å². The van der Waals surface area contributed by atoms with Crippen LogP contribution in [0.4, 0.5) is 0 Å². The van der Waals surface area contributed by atoms with Gasteiger partial charge in [-0.25, -0.2) is 9.97 Å². The van der Waals surface area contributed by atoms with Gasteiger partial charge in [-0.3, -0.25) is 0 Å². The summed E-state index contributed by atoms with van der Waals surface area (Å²) < 4.78 is 6.06. The minimum Gasteiger partial charge on any atom is -0.468 e. The van der Waals surface area contributed by atoms with E-state index < -0.39 is 0 Å². The van der Waals surface area contributed by atoms with Gasteiger partial charge in [0.15, 0.2) is 5.16 Å². The number of hydrogen-bond donors (Lipinski definition) is 0. The van der Waals surface area contributed by atoms with Crippen LogP contribution in [0.5, 0.6) is 0 Å². The molecule has 0 fully saturated rings. The standard InChI is InChI=1S/C9H7BrN2OS/c1-6-8(2-3-13-6)14-9-11-4-7(10)5-12-9/h2-5H,1H3. The quantitative estimate of drug-likeness (QED) is 0.785. The molecule has 0 unspecified atom stereocenters. The van der Waals surface area contributed by atoms with Crippen LogP contribution in [0.1, 0.15) is 5.76 Å². The van der Waals surface area contributed by atoms with E-state index in [1.807, 2.05) is 13.0 Å². The fraction of sp³-hybridized carbons (Fsp3) is 0.111. The summed E-state index contributed by atoms with van der Waals surface area (Å²) in [5, 5.41) is 0.720. The third-order valence-corrected chi connectivity index (χ3v) is 3.06. The Morgan fingerprint density at radius 1 is 1.36 bits per heavy atom. The molecule has 0 spiro atoms. The van der Waals surface area contributed by atoms with E-state index in [2.05, 4.69) is 25.9 Å². The summed E-state index contributed by atoms with van der Waals surface area (Å²) in [5.74, 6) is 0.890. The number of aromatic nitrogens is 2. The maximum Gasteiger partial charge on any atom is 0.192 e. The number of nitrogens with zero attached hydrogens (tertiary/aromatic N) is 2. The third-order valence-electron chi connectivity index (χ3n) is 1.61. The van der Waals surface area contributed by atoms with Gasteiger partial charge in [0, 0.05) is 12.4 Å². The Bertz CT molecular complexity index is 427. The summed E-state index contributed by atoms with van der Waals surface area (Å²) in [6, 6.07) is 1.91. The van der Waals surface area contributed by atoms with Gasteiger partial charge in [-0.15, -0.1) is 0 Å². The molecular formula is C9H7BrN2OS. The molecule has 14 heavy (non-hydrogen) atoms. The molecular weight excluding hydrogens is 264 g/mol. The first-order chi connectivity index (χ1) is 6.75. The molecule has 0 radical (unpaired) electrons. The maximum atomic E-state index is 5.17. The molecule has 0 atom stereocenters. The van der Waals surface area contributed by atoms with E-state index in [9.17, 15) is 0 Å². The Kier molecular flexibility index (Phi) is 2.88. The number of halogens is 1. The molecule has 0 amide bonds. The number of rotatable bonds is 2. The zero-order chi connectivity index (χ0) is 9.97. The lowest BCUT2D eigenvalue weighted by Gasteiger charge is -1.97. The van der Waals surface area contributed by atoms with Gasteiger partial charge in [-0.05, 0) is 40.7 Å². The first-order valence-electron chi connectivity index (χ1n) is 3.95. The van der Waals surface area contributed by atoms with Crippen LogP contribution < -0.4 is 0 Å². The minimum atomic E-state index is 0.720. The molecule has 2 rings (SSSR count). The van der Waals surface area contributed by atoms with Crippen LogP contribution in [-0.4, -0.2) is 9.97 Å². The average molecular weight is 271 g/mol. The third kappa shape index (κ3) is 2.16. The first kappa shape index (κ1) is 9.73. The van der Waals surface area contributed by atoms with E-state index >= 15 is 0 Å². The van der Waals surface area contributed by atoms with Crippen molar-refractivity contribution < 1.29 is 4.42 Å². The van der Waals surface area contributed by atoms with Gasteiger partial charge in [0.1, 0.15) is 5.76 Å². The predicted octanol–water partition coefficient (Wildman–Crippen LogP) is 3.29. The molecule has 3 nitrogen and oxygen atoms in total. The van der Waals surface area contributed by atoms with Crippen LogP contribution in [0, 0.1) is 6.92 Å². The lowest BCUT2D eigenvalue weighted by atomic mass is 10.5. The van der Waals surface area contributed by atoms with Crippen LogP contribution in [0.3, 0.4) is 0 Å². The second kappa shape index (κ2) is 4.14. The van der Waals surface area contributed by atoms with Crippen molar-refractivity contribution in [3.63, 3.8) is 0 Å². The fourth-order valence-electron chi connectivity index (χ4n) is 0.931. The molecule has 0 saturated carbocycles. The van der Waals surface area contributed by atoms with E-state index in [0.29, 0.717) is 0 Å². The lowest BCUT2D eigenvalue weighted by Crippen LogP contribution is -1.84. The highest BCUT2D eigenvalue weighted by molar-refractivity contribution is 9.10. The highest BCUT2D eigenvalue weighted by atomic mass is 79.9. The molecule has 72 valence electrons. The van der Waals surface area contributed by atoms with Gasteiger partial charge < -0.3 is 4.42 Å². The molecule has 0 bridgehead atoms. The SMILES string of the molecule is Cc1occc1Sc1ncc(Br)cn1. The lowest BCUT2D eigenvalue weighted by molar-refractivity contribution is 0.527. The molecule has 2 aromatic heterocycles. The summed E-state index contributed by atoms with van der Waals surface area (Å²) in [6.07, 6.45) is 5.12. The number of aryl methyl sites for hydroxylation is 1. The zero-order valence-corrected chi connectivity index (χ0v) is 9.80. The van der Waals surface area contributed by atoms with E-state index in [4.69, 9.17) is 4.42 Å².